The van der Waals surface area contributed by atoms with Crippen LogP contribution in [0.25, 0.3) is 0 Å². The zero-order chi connectivity index (χ0) is 28.9. The van der Waals surface area contributed by atoms with E-state index >= 15 is 0 Å². The molecule has 3 aliphatic rings. The fourth-order valence-electron chi connectivity index (χ4n) is 5.54. The molecule has 1 saturated carbocycles. The summed E-state index contributed by atoms with van der Waals surface area (Å²) in [6.07, 6.45) is -8.41. The van der Waals surface area contributed by atoms with E-state index in [2.05, 4.69) is 10.6 Å². The number of hydrogen-bond donors (Lipinski definition) is 2. The molecule has 2 aliphatic heterocycles. The highest BCUT2D eigenvalue weighted by molar-refractivity contribution is 6.07. The minimum Gasteiger partial charge on any atom is -0.372 e. The number of benzene rings is 2. The zero-order valence-corrected chi connectivity index (χ0v) is 21.7. The summed E-state index contributed by atoms with van der Waals surface area (Å²) < 4.78 is 86.4. The van der Waals surface area contributed by atoms with Crippen molar-refractivity contribution < 1.29 is 40.7 Å². The van der Waals surface area contributed by atoms with Crippen molar-refractivity contribution in [3.8, 4) is 0 Å². The number of ether oxygens (including phenoxy) is 1. The molecular weight excluding hydrogens is 540 g/mol. The number of nitrogens with one attached hydrogen (secondary N) is 2. The lowest BCUT2D eigenvalue weighted by molar-refractivity contribution is -0.143. The first-order valence-corrected chi connectivity index (χ1v) is 13.1. The molecule has 2 aromatic rings. The van der Waals surface area contributed by atoms with Gasteiger partial charge in [-0.1, -0.05) is 30.3 Å². The summed E-state index contributed by atoms with van der Waals surface area (Å²) in [5.74, 6) is -0.0298. The van der Waals surface area contributed by atoms with Crippen molar-refractivity contribution in [1.82, 2.24) is 15.5 Å². The number of alkyl halides is 6. The minimum absolute atomic E-state index is 0.0884. The molecule has 3 amide bonds. The number of amides is 3. The number of hydrogen-bond acceptors (Lipinski definition) is 4. The second kappa shape index (κ2) is 10.1. The molecule has 0 radical (unpaired) electrons. The van der Waals surface area contributed by atoms with Gasteiger partial charge in [0.25, 0.3) is 5.91 Å². The van der Waals surface area contributed by atoms with Gasteiger partial charge in [-0.15, -0.1) is 0 Å². The van der Waals surface area contributed by atoms with Crippen LogP contribution >= 0.6 is 0 Å². The van der Waals surface area contributed by atoms with Crippen molar-refractivity contribution in [2.45, 2.75) is 62.1 Å². The van der Waals surface area contributed by atoms with Crippen LogP contribution in [0.2, 0.25) is 0 Å². The molecule has 2 saturated heterocycles. The summed E-state index contributed by atoms with van der Waals surface area (Å²) in [7, 11) is 0. The molecule has 12 heteroatoms. The van der Waals surface area contributed by atoms with Crippen LogP contribution in [-0.4, -0.2) is 42.1 Å². The Morgan fingerprint density at radius 3 is 2.12 bits per heavy atom. The van der Waals surface area contributed by atoms with Gasteiger partial charge in [-0.05, 0) is 67.9 Å². The van der Waals surface area contributed by atoms with Gasteiger partial charge in [-0.2, -0.15) is 26.3 Å². The number of rotatable bonds is 7. The topological polar surface area (TPSA) is 70.7 Å². The Bertz CT molecular complexity index is 1240. The van der Waals surface area contributed by atoms with Gasteiger partial charge >= 0.3 is 18.4 Å². The molecule has 1 aliphatic carbocycles. The van der Waals surface area contributed by atoms with E-state index in [0.29, 0.717) is 37.4 Å². The summed E-state index contributed by atoms with van der Waals surface area (Å²) in [5, 5.41) is 5.82. The van der Waals surface area contributed by atoms with E-state index in [9.17, 15) is 35.9 Å². The molecule has 2 aromatic carbocycles. The molecule has 3 fully saturated rings. The molecule has 3 atom stereocenters. The van der Waals surface area contributed by atoms with Gasteiger partial charge in [-0.3, -0.25) is 10.1 Å². The number of nitrogens with zero attached hydrogens (tertiary/aromatic N) is 1. The van der Waals surface area contributed by atoms with Gasteiger partial charge in [0, 0.05) is 13.1 Å². The second-order valence-electron chi connectivity index (χ2n) is 10.9. The molecule has 1 spiro atoms. The predicted octanol–water partition coefficient (Wildman–Crippen LogP) is 5.78. The third-order valence-corrected chi connectivity index (χ3v) is 8.21. The van der Waals surface area contributed by atoms with Crippen molar-refractivity contribution in [2.75, 3.05) is 19.7 Å². The number of carbonyl (C=O) groups is 2. The maximum absolute atomic E-state index is 13.4. The van der Waals surface area contributed by atoms with Crippen molar-refractivity contribution in [1.29, 1.82) is 0 Å². The number of imide groups is 1. The van der Waals surface area contributed by atoms with Crippen LogP contribution < -0.4 is 10.6 Å². The van der Waals surface area contributed by atoms with Crippen LogP contribution in [-0.2, 0) is 27.4 Å². The quantitative estimate of drug-likeness (QED) is 0.328. The first-order chi connectivity index (χ1) is 18.7. The van der Waals surface area contributed by atoms with Crippen molar-refractivity contribution in [3.05, 3.63) is 70.8 Å². The molecular formula is C28H29F6N3O3. The van der Waals surface area contributed by atoms with E-state index in [1.807, 2.05) is 18.2 Å². The second-order valence-corrected chi connectivity index (χ2v) is 10.9. The smallest absolute Gasteiger partial charge is 0.372 e. The van der Waals surface area contributed by atoms with E-state index in [1.54, 1.807) is 17.0 Å². The molecule has 5 rings (SSSR count). The lowest BCUT2D eigenvalue weighted by Crippen LogP contribution is -2.65. The highest BCUT2D eigenvalue weighted by Crippen LogP contribution is 2.43. The molecule has 2 heterocycles. The van der Waals surface area contributed by atoms with Gasteiger partial charge in [-0.25, -0.2) is 4.79 Å². The largest absolute Gasteiger partial charge is 0.416 e. The molecule has 2 N–H and O–H groups in total. The molecule has 3 unspecified atom stereocenters. The lowest BCUT2D eigenvalue weighted by Gasteiger charge is -2.48. The Morgan fingerprint density at radius 2 is 1.60 bits per heavy atom. The maximum Gasteiger partial charge on any atom is 0.416 e. The summed E-state index contributed by atoms with van der Waals surface area (Å²) in [6.45, 7) is 1.90. The Morgan fingerprint density at radius 1 is 0.975 bits per heavy atom. The van der Waals surface area contributed by atoms with Gasteiger partial charge < -0.3 is 15.0 Å². The highest BCUT2D eigenvalue weighted by atomic mass is 19.4. The molecule has 40 heavy (non-hydrogen) atoms. The summed E-state index contributed by atoms with van der Waals surface area (Å²) in [6, 6.07) is 10.1. The number of halogens is 6. The average molecular weight is 570 g/mol. The number of urea groups is 1. The first-order valence-electron chi connectivity index (χ1n) is 13.1. The first kappa shape index (κ1) is 28.4. The van der Waals surface area contributed by atoms with Crippen LogP contribution in [0.5, 0.6) is 0 Å². The van der Waals surface area contributed by atoms with E-state index < -0.39 is 46.7 Å². The van der Waals surface area contributed by atoms with E-state index in [-0.39, 0.29) is 30.7 Å². The van der Waals surface area contributed by atoms with E-state index in [4.69, 9.17) is 4.74 Å². The van der Waals surface area contributed by atoms with Gasteiger partial charge in [0.2, 0.25) is 0 Å². The van der Waals surface area contributed by atoms with Crippen molar-refractivity contribution >= 4 is 11.9 Å². The Hall–Kier alpha value is -3.12. The normalized spacial score (nSPS) is 26.3. The molecule has 0 bridgehead atoms. The monoisotopic (exact) mass is 569 g/mol. The predicted molar refractivity (Wildman–Crippen MR) is 132 cm³/mol. The summed E-state index contributed by atoms with van der Waals surface area (Å²) in [5.41, 5.74) is -4.25. The number of piperidine rings is 1. The molecule has 0 aromatic heterocycles. The molecule has 216 valence electrons. The van der Waals surface area contributed by atoms with Gasteiger partial charge in [0.1, 0.15) is 5.54 Å². The number of carbonyl (C=O) groups excluding carboxylic acids is 2. The van der Waals surface area contributed by atoms with Crippen molar-refractivity contribution in [2.24, 2.45) is 5.92 Å². The highest BCUT2D eigenvalue weighted by Gasteiger charge is 2.57. The van der Waals surface area contributed by atoms with Gasteiger partial charge in [0.05, 0.1) is 29.4 Å². The van der Waals surface area contributed by atoms with Crippen molar-refractivity contribution in [3.63, 3.8) is 0 Å². The standard InChI is InChI=1S/C28H29F6N3O3/c1-17(19-11-21(27(29,30)31)13-22(12-19)28(32,33)34)40-16-25(20-5-3-2-4-6-20)9-10-26(15-35-25)23(38)36-24(39)37(26)14-18-7-8-18/h2-6,11-13,17-18,35H,7-10,14-16H2,1H3,(H,36,38,39). The zero-order valence-electron chi connectivity index (χ0n) is 21.7. The minimum atomic E-state index is -4.97. The fraction of sp³-hybridized carbons (Fsp3) is 0.500. The van der Waals surface area contributed by atoms with Crippen LogP contribution in [0.1, 0.15) is 61.0 Å². The SMILES string of the molecule is CC(OCC1(c2ccccc2)CCC2(CN1)C(=O)NC(=O)N2CC1CC1)c1cc(C(F)(F)F)cc(C(F)(F)F)c1. The maximum atomic E-state index is 13.4. The van der Waals surface area contributed by atoms with Crippen LogP contribution in [0, 0.1) is 5.92 Å². The Kier molecular flexibility index (Phi) is 7.14. The third kappa shape index (κ3) is 5.43. The fourth-order valence-corrected chi connectivity index (χ4v) is 5.54. The summed E-state index contributed by atoms with van der Waals surface area (Å²) in [4.78, 5) is 27.2. The average Bonchev–Trinajstić information content (AvgIpc) is 3.71. The van der Waals surface area contributed by atoms with Crippen LogP contribution in [0.3, 0.4) is 0 Å². The lowest BCUT2D eigenvalue weighted by atomic mass is 9.75. The third-order valence-electron chi connectivity index (χ3n) is 8.21. The summed E-state index contributed by atoms with van der Waals surface area (Å²) >= 11 is 0. The van der Waals surface area contributed by atoms with Crippen LogP contribution in [0.15, 0.2) is 48.5 Å². The van der Waals surface area contributed by atoms with E-state index in [1.165, 1.54) is 6.92 Å². The Balaban J connectivity index is 1.40. The molecule has 6 nitrogen and oxygen atoms in total. The van der Waals surface area contributed by atoms with Crippen LogP contribution in [0.4, 0.5) is 31.1 Å². The Labute approximate surface area is 227 Å². The van der Waals surface area contributed by atoms with E-state index in [0.717, 1.165) is 18.4 Å². The van der Waals surface area contributed by atoms with Gasteiger partial charge in [0.15, 0.2) is 0 Å².